The Morgan fingerprint density at radius 2 is 1.95 bits per heavy atom. The number of nitrogens with one attached hydrogen (secondary N) is 1. The fraction of sp³-hybridized carbons (Fsp3) is 0. The first kappa shape index (κ1) is 15.1. The lowest BCUT2D eigenvalue weighted by molar-refractivity contribution is -0.115. The minimum atomic E-state index is -0.144. The summed E-state index contributed by atoms with van der Waals surface area (Å²) in [6.45, 7) is 0. The van der Waals surface area contributed by atoms with Gasteiger partial charge in [-0.25, -0.2) is 0 Å². The van der Waals surface area contributed by atoms with Gasteiger partial charge in [0.15, 0.2) is 0 Å². The molecule has 0 atom stereocenters. The Bertz CT molecular complexity index is 782. The Balaban J connectivity index is 1.90. The van der Waals surface area contributed by atoms with E-state index in [1.807, 2.05) is 29.7 Å². The Labute approximate surface area is 145 Å². The second kappa shape index (κ2) is 6.10. The molecule has 1 N–H and O–H groups in total. The van der Waals surface area contributed by atoms with Gasteiger partial charge in [0.1, 0.15) is 4.32 Å². The van der Waals surface area contributed by atoms with Crippen LogP contribution in [0.1, 0.15) is 4.88 Å². The van der Waals surface area contributed by atoms with Crippen LogP contribution in [-0.4, -0.2) is 10.2 Å². The predicted molar refractivity (Wildman–Crippen MR) is 96.1 cm³/mol. The summed E-state index contributed by atoms with van der Waals surface area (Å²) in [6.07, 6.45) is 1.84. The van der Waals surface area contributed by atoms with Crippen molar-refractivity contribution in [3.8, 4) is 11.1 Å². The topological polar surface area (TPSA) is 29.1 Å². The van der Waals surface area contributed by atoms with Crippen molar-refractivity contribution in [2.75, 3.05) is 0 Å². The highest BCUT2D eigenvalue weighted by Gasteiger charge is 2.22. The highest BCUT2D eigenvalue weighted by Crippen LogP contribution is 2.33. The van der Waals surface area contributed by atoms with Crippen molar-refractivity contribution >= 4 is 74.8 Å². The van der Waals surface area contributed by atoms with Crippen LogP contribution in [0, 0.1) is 0 Å². The van der Waals surface area contributed by atoms with Crippen LogP contribution in [0.2, 0.25) is 10.0 Å². The summed E-state index contributed by atoms with van der Waals surface area (Å²) in [5.74, 6) is -0.144. The Morgan fingerprint density at radius 1 is 1.14 bits per heavy atom. The van der Waals surface area contributed by atoms with Gasteiger partial charge in [0.2, 0.25) is 0 Å². The normalized spacial score (nSPS) is 16.6. The third-order valence-corrected chi connectivity index (χ3v) is 5.57. The maximum absolute atomic E-state index is 11.6. The summed E-state index contributed by atoms with van der Waals surface area (Å²) < 4.78 is 0.493. The van der Waals surface area contributed by atoms with Crippen molar-refractivity contribution in [3.05, 3.63) is 49.5 Å². The largest absolute Gasteiger partial charge is 0.307 e. The number of hydrogen-bond acceptors (Lipinski definition) is 4. The molecule has 1 saturated heterocycles. The maximum Gasteiger partial charge on any atom is 0.263 e. The van der Waals surface area contributed by atoms with Crippen molar-refractivity contribution < 1.29 is 4.79 Å². The maximum atomic E-state index is 11.6. The number of amides is 1. The van der Waals surface area contributed by atoms with Crippen LogP contribution in [0.15, 0.2) is 34.6 Å². The second-order valence-corrected chi connectivity index (χ2v) is 7.69. The molecule has 7 heteroatoms. The van der Waals surface area contributed by atoms with Crippen molar-refractivity contribution in [3.63, 3.8) is 0 Å². The monoisotopic (exact) mass is 371 g/mol. The van der Waals surface area contributed by atoms with Gasteiger partial charge in [-0.2, -0.15) is 0 Å². The Morgan fingerprint density at radius 3 is 2.62 bits per heavy atom. The molecule has 1 aromatic heterocycles. The lowest BCUT2D eigenvalue weighted by Gasteiger charge is -2.00. The lowest BCUT2D eigenvalue weighted by atomic mass is 10.1. The molecule has 0 saturated carbocycles. The number of benzene rings is 1. The Hall–Kier alpha value is -0.850. The molecule has 2 nitrogen and oxygen atoms in total. The molecule has 0 aliphatic carbocycles. The summed E-state index contributed by atoms with van der Waals surface area (Å²) in [6, 6.07) is 7.52. The van der Waals surface area contributed by atoms with Gasteiger partial charge < -0.3 is 5.32 Å². The molecule has 21 heavy (non-hydrogen) atoms. The van der Waals surface area contributed by atoms with Crippen LogP contribution in [0.5, 0.6) is 0 Å². The third kappa shape index (κ3) is 3.33. The molecule has 0 radical (unpaired) electrons. The first-order valence-corrected chi connectivity index (χ1v) is 8.68. The fourth-order valence-corrected chi connectivity index (χ4v) is 4.06. The van der Waals surface area contributed by atoms with Gasteiger partial charge in [-0.1, -0.05) is 53.2 Å². The number of thioether (sulfide) groups is 1. The molecule has 0 spiro atoms. The van der Waals surface area contributed by atoms with Gasteiger partial charge in [-0.15, -0.1) is 11.3 Å². The molecule has 1 aliphatic rings. The van der Waals surface area contributed by atoms with Crippen LogP contribution >= 0.6 is 58.5 Å². The second-order valence-electron chi connectivity index (χ2n) is 4.22. The molecule has 1 aliphatic heterocycles. The smallest absolute Gasteiger partial charge is 0.263 e. The van der Waals surface area contributed by atoms with E-state index in [4.69, 9.17) is 35.4 Å². The summed E-state index contributed by atoms with van der Waals surface area (Å²) in [5.41, 5.74) is 2.03. The number of carbonyl (C=O) groups is 1. The predicted octanol–water partition coefficient (Wildman–Crippen LogP) is 5.21. The Kier molecular flexibility index (Phi) is 4.38. The van der Waals surface area contributed by atoms with Crippen molar-refractivity contribution in [1.82, 2.24) is 5.32 Å². The minimum absolute atomic E-state index is 0.144. The summed E-state index contributed by atoms with van der Waals surface area (Å²) in [5, 5.41) is 5.67. The van der Waals surface area contributed by atoms with Crippen LogP contribution < -0.4 is 5.32 Å². The highest BCUT2D eigenvalue weighted by molar-refractivity contribution is 8.26. The molecule has 106 valence electrons. The van der Waals surface area contributed by atoms with Crippen LogP contribution in [0.25, 0.3) is 17.2 Å². The molecule has 2 heterocycles. The number of carbonyl (C=O) groups excluding carboxylic acids is 1. The number of thiocarbonyl (C=S) groups is 1. The zero-order valence-corrected chi connectivity index (χ0v) is 14.3. The van der Waals surface area contributed by atoms with E-state index in [1.165, 1.54) is 11.8 Å². The van der Waals surface area contributed by atoms with E-state index in [-0.39, 0.29) is 5.91 Å². The van der Waals surface area contributed by atoms with E-state index < -0.39 is 0 Å². The molecule has 0 unspecified atom stereocenters. The molecule has 0 bridgehead atoms. The number of halogens is 2. The molecule has 3 rings (SSSR count). The van der Waals surface area contributed by atoms with Gasteiger partial charge in [0.25, 0.3) is 5.91 Å². The standard InChI is InChI=1S/C14H7Cl2NOS3/c15-10-2-1-7(4-11(10)16)8-3-9(20-6-8)5-12-13(18)17-14(19)21-12/h1-6H,(H,17,18,19)/b12-5-. The first-order chi connectivity index (χ1) is 10.0. The van der Waals surface area contributed by atoms with Gasteiger partial charge >= 0.3 is 0 Å². The molecule has 1 aromatic carbocycles. The summed E-state index contributed by atoms with van der Waals surface area (Å²) >= 11 is 19.7. The van der Waals surface area contributed by atoms with Crippen molar-refractivity contribution in [2.45, 2.75) is 0 Å². The zero-order valence-electron chi connectivity index (χ0n) is 10.4. The van der Waals surface area contributed by atoms with E-state index in [1.54, 1.807) is 17.4 Å². The SMILES string of the molecule is O=C1NC(=S)S/C1=C\c1cc(-c2ccc(Cl)c(Cl)c2)cs1. The lowest BCUT2D eigenvalue weighted by Crippen LogP contribution is -2.17. The van der Waals surface area contributed by atoms with Crippen molar-refractivity contribution in [2.24, 2.45) is 0 Å². The van der Waals surface area contributed by atoms with Crippen LogP contribution in [-0.2, 0) is 4.79 Å². The first-order valence-electron chi connectivity index (χ1n) is 5.82. The molecular weight excluding hydrogens is 365 g/mol. The fourth-order valence-electron chi connectivity index (χ4n) is 1.81. The number of thiophene rings is 1. The van der Waals surface area contributed by atoms with Crippen molar-refractivity contribution in [1.29, 1.82) is 0 Å². The van der Waals surface area contributed by atoms with Gasteiger partial charge in [-0.3, -0.25) is 4.79 Å². The summed E-state index contributed by atoms with van der Waals surface area (Å²) in [7, 11) is 0. The van der Waals surface area contributed by atoms with Gasteiger partial charge in [-0.05, 0) is 40.8 Å². The van der Waals surface area contributed by atoms with E-state index in [0.717, 1.165) is 16.0 Å². The molecule has 2 aromatic rings. The van der Waals surface area contributed by atoms with E-state index >= 15 is 0 Å². The molecule has 1 fully saturated rings. The van der Waals surface area contributed by atoms with E-state index in [2.05, 4.69) is 5.32 Å². The van der Waals surface area contributed by atoms with Gasteiger partial charge in [0, 0.05) is 4.88 Å². The molecular formula is C14H7Cl2NOS3. The third-order valence-electron chi connectivity index (χ3n) is 2.79. The highest BCUT2D eigenvalue weighted by atomic mass is 35.5. The quantitative estimate of drug-likeness (QED) is 0.580. The van der Waals surface area contributed by atoms with E-state index in [0.29, 0.717) is 19.3 Å². The minimum Gasteiger partial charge on any atom is -0.307 e. The average Bonchev–Trinajstić information content (AvgIpc) is 3.01. The number of hydrogen-bond donors (Lipinski definition) is 1. The number of rotatable bonds is 2. The zero-order chi connectivity index (χ0) is 15.0. The average molecular weight is 372 g/mol. The molecule has 1 amide bonds. The van der Waals surface area contributed by atoms with Crippen LogP contribution in [0.3, 0.4) is 0 Å². The summed E-state index contributed by atoms with van der Waals surface area (Å²) in [4.78, 5) is 13.2. The van der Waals surface area contributed by atoms with Gasteiger partial charge in [0.05, 0.1) is 15.0 Å². The van der Waals surface area contributed by atoms with Crippen LogP contribution in [0.4, 0.5) is 0 Å². The van der Waals surface area contributed by atoms with E-state index in [9.17, 15) is 4.79 Å².